The minimum Gasteiger partial charge on any atom is -0.476 e. The molecule has 3 N–H and O–H groups in total. The molecule has 2 aromatic heterocycles. The number of aromatic carboxylic acids is 1. The molecule has 0 radical (unpaired) electrons. The Balaban J connectivity index is 1.65. The van der Waals surface area contributed by atoms with Crippen LogP contribution < -0.4 is 16.2 Å². The number of fused-ring (bicyclic) bond motifs is 2. The van der Waals surface area contributed by atoms with Crippen molar-refractivity contribution in [3.63, 3.8) is 0 Å². The average Bonchev–Trinajstić information content (AvgIpc) is 3.30. The van der Waals surface area contributed by atoms with Crippen molar-refractivity contribution < 1.29 is 9.90 Å². The van der Waals surface area contributed by atoms with E-state index in [9.17, 15) is 14.7 Å². The quantitative estimate of drug-likeness (QED) is 0.345. The van der Waals surface area contributed by atoms with Crippen LogP contribution in [0.15, 0.2) is 47.3 Å². The molecule has 178 valence electrons. The van der Waals surface area contributed by atoms with Gasteiger partial charge in [-0.2, -0.15) is 0 Å². The van der Waals surface area contributed by atoms with Crippen molar-refractivity contribution in [2.75, 3.05) is 17.2 Å². The molecule has 2 aromatic carbocycles. The molecule has 1 atom stereocenters. The van der Waals surface area contributed by atoms with Crippen molar-refractivity contribution in [3.05, 3.63) is 80.4 Å². The zero-order valence-corrected chi connectivity index (χ0v) is 20.3. The molecule has 0 saturated carbocycles. The molecular formula is C26H24ClN5O3. The zero-order chi connectivity index (χ0) is 24.9. The Kier molecular flexibility index (Phi) is 5.68. The predicted octanol–water partition coefficient (Wildman–Crippen LogP) is 4.80. The molecule has 1 aliphatic rings. The van der Waals surface area contributed by atoms with Gasteiger partial charge in [-0.15, -0.1) is 0 Å². The lowest BCUT2D eigenvalue weighted by Gasteiger charge is -2.20. The van der Waals surface area contributed by atoms with Gasteiger partial charge in [-0.3, -0.25) is 9.36 Å². The number of carbonyl (C=O) groups is 1. The van der Waals surface area contributed by atoms with Crippen molar-refractivity contribution in [1.29, 1.82) is 0 Å². The molecule has 8 nitrogen and oxygen atoms in total. The summed E-state index contributed by atoms with van der Waals surface area (Å²) in [6, 6.07) is 12.6. The number of aromatic nitrogens is 3. The summed E-state index contributed by atoms with van der Waals surface area (Å²) >= 11 is 5.90. The maximum absolute atomic E-state index is 13.4. The van der Waals surface area contributed by atoms with Crippen LogP contribution in [0.25, 0.3) is 22.3 Å². The van der Waals surface area contributed by atoms with Crippen LogP contribution in [0.4, 0.5) is 11.4 Å². The first-order valence-electron chi connectivity index (χ1n) is 11.3. The maximum atomic E-state index is 13.4. The van der Waals surface area contributed by atoms with E-state index < -0.39 is 5.97 Å². The van der Waals surface area contributed by atoms with Gasteiger partial charge in [0, 0.05) is 30.4 Å². The molecule has 0 spiro atoms. The van der Waals surface area contributed by atoms with E-state index in [0.717, 1.165) is 35.3 Å². The lowest BCUT2D eigenvalue weighted by atomic mass is 10.0. The van der Waals surface area contributed by atoms with Crippen LogP contribution in [0.1, 0.15) is 40.1 Å². The third-order valence-electron chi connectivity index (χ3n) is 6.33. The van der Waals surface area contributed by atoms with Gasteiger partial charge in [-0.25, -0.2) is 14.8 Å². The third-order valence-corrected chi connectivity index (χ3v) is 6.54. The number of hydrogen-bond acceptors (Lipinski definition) is 6. The Morgan fingerprint density at radius 2 is 2.00 bits per heavy atom. The Labute approximate surface area is 206 Å². The fourth-order valence-electron chi connectivity index (χ4n) is 4.60. The molecule has 0 saturated heterocycles. The SMILES string of the molecule is Cc1cc([C@@H](C)Nc2ccc(Cl)nc2C(=O)O)c2nc(-c3ccc4c(c3)NCC4)n(C)c(=O)c2c1. The highest BCUT2D eigenvalue weighted by molar-refractivity contribution is 6.29. The molecule has 0 fully saturated rings. The molecular weight excluding hydrogens is 466 g/mol. The van der Waals surface area contributed by atoms with Crippen LogP contribution in [-0.2, 0) is 13.5 Å². The van der Waals surface area contributed by atoms with Crippen LogP contribution in [-0.4, -0.2) is 32.2 Å². The first kappa shape index (κ1) is 22.9. The fraction of sp³-hybridized carbons (Fsp3) is 0.231. The second-order valence-corrected chi connectivity index (χ2v) is 9.19. The van der Waals surface area contributed by atoms with Crippen molar-refractivity contribution in [1.82, 2.24) is 14.5 Å². The van der Waals surface area contributed by atoms with Gasteiger partial charge >= 0.3 is 5.97 Å². The lowest BCUT2D eigenvalue weighted by molar-refractivity contribution is 0.0691. The minimum atomic E-state index is -1.18. The molecule has 35 heavy (non-hydrogen) atoms. The van der Waals surface area contributed by atoms with E-state index in [-0.39, 0.29) is 22.4 Å². The number of carboxylic acids is 1. The zero-order valence-electron chi connectivity index (χ0n) is 19.5. The number of nitrogens with zero attached hydrogens (tertiary/aromatic N) is 3. The number of benzene rings is 2. The Morgan fingerprint density at radius 1 is 1.20 bits per heavy atom. The Bertz CT molecular complexity index is 1560. The van der Waals surface area contributed by atoms with Gasteiger partial charge in [-0.05, 0) is 55.7 Å². The predicted molar refractivity (Wildman–Crippen MR) is 138 cm³/mol. The van der Waals surface area contributed by atoms with Crippen LogP contribution in [0.3, 0.4) is 0 Å². The van der Waals surface area contributed by atoms with Crippen LogP contribution in [0.5, 0.6) is 0 Å². The van der Waals surface area contributed by atoms with Crippen LogP contribution >= 0.6 is 11.6 Å². The minimum absolute atomic E-state index is 0.0975. The number of pyridine rings is 1. The summed E-state index contributed by atoms with van der Waals surface area (Å²) in [5.74, 6) is -0.619. The topological polar surface area (TPSA) is 109 Å². The van der Waals surface area contributed by atoms with Crippen molar-refractivity contribution in [2.45, 2.75) is 26.3 Å². The number of aryl methyl sites for hydroxylation is 1. The molecule has 4 aromatic rings. The second kappa shape index (κ2) is 8.70. The van der Waals surface area contributed by atoms with E-state index in [1.54, 1.807) is 17.7 Å². The number of anilines is 2. The van der Waals surface area contributed by atoms with E-state index in [0.29, 0.717) is 22.4 Å². The molecule has 0 aliphatic carbocycles. The summed E-state index contributed by atoms with van der Waals surface area (Å²) in [5.41, 5.74) is 5.44. The monoisotopic (exact) mass is 489 g/mol. The smallest absolute Gasteiger partial charge is 0.356 e. The highest BCUT2D eigenvalue weighted by Crippen LogP contribution is 2.31. The lowest BCUT2D eigenvalue weighted by Crippen LogP contribution is -2.22. The van der Waals surface area contributed by atoms with Gasteiger partial charge in [0.25, 0.3) is 5.56 Å². The molecule has 3 heterocycles. The molecule has 0 amide bonds. The number of carboxylic acid groups (broad SMARTS) is 1. The van der Waals surface area contributed by atoms with E-state index in [4.69, 9.17) is 16.6 Å². The van der Waals surface area contributed by atoms with E-state index in [1.807, 2.05) is 38.1 Å². The van der Waals surface area contributed by atoms with Gasteiger partial charge in [-0.1, -0.05) is 29.8 Å². The standard InChI is InChI=1S/C26H24ClN5O3/c1-13-10-17(14(2)29-19-6-7-21(27)30-23(19)26(34)35)22-18(11-13)25(33)32(3)24(31-22)16-5-4-15-8-9-28-20(15)12-16/h4-7,10-12,14,28-29H,8-9H2,1-3H3,(H,34,35)/t14-/m1/s1. The van der Waals surface area contributed by atoms with Gasteiger partial charge in [0.1, 0.15) is 11.0 Å². The van der Waals surface area contributed by atoms with Crippen LogP contribution in [0, 0.1) is 6.92 Å². The van der Waals surface area contributed by atoms with Gasteiger partial charge in [0.2, 0.25) is 0 Å². The number of nitrogens with one attached hydrogen (secondary N) is 2. The summed E-state index contributed by atoms with van der Waals surface area (Å²) < 4.78 is 1.58. The average molecular weight is 490 g/mol. The highest BCUT2D eigenvalue weighted by Gasteiger charge is 2.21. The van der Waals surface area contributed by atoms with Crippen molar-refractivity contribution in [3.8, 4) is 11.4 Å². The van der Waals surface area contributed by atoms with Crippen LogP contribution in [0.2, 0.25) is 5.15 Å². The highest BCUT2D eigenvalue weighted by atomic mass is 35.5. The molecule has 5 rings (SSSR count). The van der Waals surface area contributed by atoms with Crippen molar-refractivity contribution >= 4 is 39.8 Å². The largest absolute Gasteiger partial charge is 0.476 e. The van der Waals surface area contributed by atoms with Gasteiger partial charge in [0.15, 0.2) is 5.69 Å². The number of hydrogen-bond donors (Lipinski definition) is 3. The van der Waals surface area contributed by atoms with E-state index >= 15 is 0 Å². The van der Waals surface area contributed by atoms with E-state index in [2.05, 4.69) is 21.7 Å². The van der Waals surface area contributed by atoms with E-state index in [1.165, 1.54) is 11.6 Å². The second-order valence-electron chi connectivity index (χ2n) is 8.80. The summed E-state index contributed by atoms with van der Waals surface area (Å²) in [6.45, 7) is 4.71. The third kappa shape index (κ3) is 4.10. The first-order chi connectivity index (χ1) is 16.7. The number of rotatable bonds is 5. The number of halogens is 1. The summed E-state index contributed by atoms with van der Waals surface area (Å²) in [7, 11) is 1.73. The molecule has 0 bridgehead atoms. The first-order valence-corrected chi connectivity index (χ1v) is 11.7. The summed E-state index contributed by atoms with van der Waals surface area (Å²) in [4.78, 5) is 34.0. The summed E-state index contributed by atoms with van der Waals surface area (Å²) in [6.07, 6.45) is 0.976. The summed E-state index contributed by atoms with van der Waals surface area (Å²) in [5, 5.41) is 16.8. The Morgan fingerprint density at radius 3 is 2.77 bits per heavy atom. The molecule has 9 heteroatoms. The normalized spacial score (nSPS) is 13.4. The fourth-order valence-corrected chi connectivity index (χ4v) is 4.74. The maximum Gasteiger partial charge on any atom is 0.356 e. The molecule has 1 aliphatic heterocycles. The van der Waals surface area contributed by atoms with Gasteiger partial charge < -0.3 is 15.7 Å². The Hall–Kier alpha value is -3.91. The van der Waals surface area contributed by atoms with Gasteiger partial charge in [0.05, 0.1) is 22.6 Å². The molecule has 0 unspecified atom stereocenters. The van der Waals surface area contributed by atoms with Crippen molar-refractivity contribution in [2.24, 2.45) is 7.05 Å².